The van der Waals surface area contributed by atoms with E-state index in [1.807, 2.05) is 42.3 Å². The summed E-state index contributed by atoms with van der Waals surface area (Å²) in [5, 5.41) is 7.69. The summed E-state index contributed by atoms with van der Waals surface area (Å²) in [4.78, 5) is 0. The molecule has 21 heavy (non-hydrogen) atoms. The van der Waals surface area contributed by atoms with Gasteiger partial charge in [0.2, 0.25) is 0 Å². The third kappa shape index (κ3) is 3.98. The third-order valence-corrected chi connectivity index (χ3v) is 3.53. The number of aryl methyl sites for hydroxylation is 1. The molecule has 0 aliphatic rings. The third-order valence-electron chi connectivity index (χ3n) is 3.53. The van der Waals surface area contributed by atoms with Gasteiger partial charge in [-0.25, -0.2) is 0 Å². The summed E-state index contributed by atoms with van der Waals surface area (Å²) in [5.41, 5.74) is 2.33. The number of methoxy groups -OCH3 is 2. The number of hydrogen-bond donors (Lipinski definition) is 1. The topological polar surface area (TPSA) is 48.3 Å². The molecule has 1 aromatic carbocycles. The predicted molar refractivity (Wildman–Crippen MR) is 82.9 cm³/mol. The van der Waals surface area contributed by atoms with Crippen LogP contribution < -0.4 is 14.8 Å². The van der Waals surface area contributed by atoms with Gasteiger partial charge in [0, 0.05) is 24.8 Å². The summed E-state index contributed by atoms with van der Waals surface area (Å²) in [5.74, 6) is 1.71. The number of hydrogen-bond acceptors (Lipinski definition) is 4. The Balaban J connectivity index is 1.97. The minimum atomic E-state index is 0.187. The SMILES string of the molecule is COc1ccc(OC)c(C(C)NCCc2cnn(C)c2)c1. The largest absolute Gasteiger partial charge is 0.497 e. The molecule has 0 radical (unpaired) electrons. The molecule has 114 valence electrons. The van der Waals surface area contributed by atoms with Gasteiger partial charge in [0.05, 0.1) is 20.4 Å². The van der Waals surface area contributed by atoms with Crippen molar-refractivity contribution in [2.45, 2.75) is 19.4 Å². The molecule has 2 rings (SSSR count). The van der Waals surface area contributed by atoms with Gasteiger partial charge >= 0.3 is 0 Å². The van der Waals surface area contributed by atoms with E-state index in [0.717, 1.165) is 30.0 Å². The van der Waals surface area contributed by atoms with E-state index in [4.69, 9.17) is 9.47 Å². The summed E-state index contributed by atoms with van der Waals surface area (Å²) >= 11 is 0. The second kappa shape index (κ2) is 7.13. The van der Waals surface area contributed by atoms with E-state index in [-0.39, 0.29) is 6.04 Å². The standard InChI is InChI=1S/C16H23N3O2/c1-12(17-8-7-13-10-18-19(2)11-13)15-9-14(20-3)5-6-16(15)21-4/h5-6,9-12,17H,7-8H2,1-4H3. The molecule has 1 aromatic heterocycles. The summed E-state index contributed by atoms with van der Waals surface area (Å²) in [6.45, 7) is 3.01. The molecule has 2 aromatic rings. The van der Waals surface area contributed by atoms with Gasteiger partial charge in [-0.05, 0) is 43.7 Å². The van der Waals surface area contributed by atoms with Crippen molar-refractivity contribution in [1.29, 1.82) is 0 Å². The monoisotopic (exact) mass is 289 g/mol. The lowest BCUT2D eigenvalue weighted by atomic mass is 10.1. The quantitative estimate of drug-likeness (QED) is 0.850. The van der Waals surface area contributed by atoms with Crippen molar-refractivity contribution in [3.63, 3.8) is 0 Å². The normalized spacial score (nSPS) is 12.2. The number of rotatable bonds is 7. The van der Waals surface area contributed by atoms with Crippen LogP contribution >= 0.6 is 0 Å². The minimum Gasteiger partial charge on any atom is -0.497 e. The number of ether oxygens (including phenoxy) is 2. The highest BCUT2D eigenvalue weighted by atomic mass is 16.5. The molecular weight excluding hydrogens is 266 g/mol. The van der Waals surface area contributed by atoms with Crippen LogP contribution in [-0.4, -0.2) is 30.5 Å². The van der Waals surface area contributed by atoms with E-state index in [9.17, 15) is 0 Å². The Morgan fingerprint density at radius 1 is 1.29 bits per heavy atom. The van der Waals surface area contributed by atoms with Crippen LogP contribution in [0.3, 0.4) is 0 Å². The molecule has 0 saturated heterocycles. The lowest BCUT2D eigenvalue weighted by Gasteiger charge is -2.18. The van der Waals surface area contributed by atoms with E-state index in [0.29, 0.717) is 0 Å². The molecule has 1 unspecified atom stereocenters. The molecule has 5 heteroatoms. The Kier molecular flexibility index (Phi) is 5.22. The molecule has 5 nitrogen and oxygen atoms in total. The molecule has 0 spiro atoms. The first kappa shape index (κ1) is 15.4. The highest BCUT2D eigenvalue weighted by Crippen LogP contribution is 2.29. The van der Waals surface area contributed by atoms with E-state index in [2.05, 4.69) is 17.3 Å². The van der Waals surface area contributed by atoms with Crippen LogP contribution in [-0.2, 0) is 13.5 Å². The fourth-order valence-corrected chi connectivity index (χ4v) is 2.32. The van der Waals surface area contributed by atoms with Gasteiger partial charge in [-0.15, -0.1) is 0 Å². The van der Waals surface area contributed by atoms with E-state index in [1.54, 1.807) is 14.2 Å². The van der Waals surface area contributed by atoms with Crippen molar-refractivity contribution in [2.24, 2.45) is 7.05 Å². The molecule has 0 amide bonds. The van der Waals surface area contributed by atoms with E-state index in [1.165, 1.54) is 5.56 Å². The fraction of sp³-hybridized carbons (Fsp3) is 0.438. The maximum Gasteiger partial charge on any atom is 0.123 e. The van der Waals surface area contributed by atoms with Crippen molar-refractivity contribution in [3.05, 3.63) is 41.7 Å². The van der Waals surface area contributed by atoms with Crippen LogP contribution in [0.4, 0.5) is 0 Å². The smallest absolute Gasteiger partial charge is 0.123 e. The van der Waals surface area contributed by atoms with Gasteiger partial charge in [-0.1, -0.05) is 0 Å². The molecule has 1 N–H and O–H groups in total. The Morgan fingerprint density at radius 2 is 2.10 bits per heavy atom. The molecule has 0 saturated carbocycles. The number of nitrogens with one attached hydrogen (secondary N) is 1. The highest BCUT2D eigenvalue weighted by Gasteiger charge is 2.12. The predicted octanol–water partition coefficient (Wildman–Crippen LogP) is 2.33. The van der Waals surface area contributed by atoms with Gasteiger partial charge in [0.1, 0.15) is 11.5 Å². The summed E-state index contributed by atoms with van der Waals surface area (Å²) < 4.78 is 12.5. The van der Waals surface area contributed by atoms with Crippen LogP contribution in [0.5, 0.6) is 11.5 Å². The number of aromatic nitrogens is 2. The Morgan fingerprint density at radius 3 is 2.71 bits per heavy atom. The molecule has 0 aliphatic heterocycles. The molecule has 1 heterocycles. The second-order valence-corrected chi connectivity index (χ2v) is 5.06. The fourth-order valence-electron chi connectivity index (χ4n) is 2.32. The molecular formula is C16H23N3O2. The lowest BCUT2D eigenvalue weighted by molar-refractivity contribution is 0.392. The Bertz CT molecular complexity index is 581. The van der Waals surface area contributed by atoms with Gasteiger partial charge in [0.25, 0.3) is 0 Å². The van der Waals surface area contributed by atoms with Crippen molar-refractivity contribution in [1.82, 2.24) is 15.1 Å². The lowest BCUT2D eigenvalue weighted by Crippen LogP contribution is -2.21. The first-order chi connectivity index (χ1) is 10.1. The maximum atomic E-state index is 5.43. The molecule has 0 fully saturated rings. The average molecular weight is 289 g/mol. The van der Waals surface area contributed by atoms with E-state index < -0.39 is 0 Å². The van der Waals surface area contributed by atoms with Crippen LogP contribution in [0.25, 0.3) is 0 Å². The Labute approximate surface area is 125 Å². The van der Waals surface area contributed by atoms with Crippen molar-refractivity contribution >= 4 is 0 Å². The molecule has 0 bridgehead atoms. The van der Waals surface area contributed by atoms with Crippen molar-refractivity contribution < 1.29 is 9.47 Å². The number of benzene rings is 1. The zero-order chi connectivity index (χ0) is 15.2. The van der Waals surface area contributed by atoms with Crippen LogP contribution in [0, 0.1) is 0 Å². The average Bonchev–Trinajstić information content (AvgIpc) is 2.91. The summed E-state index contributed by atoms with van der Waals surface area (Å²) in [6.07, 6.45) is 4.89. The van der Waals surface area contributed by atoms with Crippen LogP contribution in [0.15, 0.2) is 30.6 Å². The first-order valence-corrected chi connectivity index (χ1v) is 7.07. The summed E-state index contributed by atoms with van der Waals surface area (Å²) in [6, 6.07) is 6.05. The van der Waals surface area contributed by atoms with Crippen LogP contribution in [0.1, 0.15) is 24.1 Å². The molecule has 0 aliphatic carbocycles. The van der Waals surface area contributed by atoms with E-state index >= 15 is 0 Å². The zero-order valence-corrected chi connectivity index (χ0v) is 13.1. The van der Waals surface area contributed by atoms with Gasteiger partial charge in [-0.2, -0.15) is 5.10 Å². The summed E-state index contributed by atoms with van der Waals surface area (Å²) in [7, 11) is 5.29. The van der Waals surface area contributed by atoms with Crippen molar-refractivity contribution in [2.75, 3.05) is 20.8 Å². The van der Waals surface area contributed by atoms with Gasteiger partial charge in [0.15, 0.2) is 0 Å². The number of nitrogens with zero attached hydrogens (tertiary/aromatic N) is 2. The van der Waals surface area contributed by atoms with Gasteiger partial charge in [-0.3, -0.25) is 4.68 Å². The second-order valence-electron chi connectivity index (χ2n) is 5.06. The first-order valence-electron chi connectivity index (χ1n) is 7.07. The highest BCUT2D eigenvalue weighted by molar-refractivity contribution is 5.42. The van der Waals surface area contributed by atoms with Gasteiger partial charge < -0.3 is 14.8 Å². The van der Waals surface area contributed by atoms with Crippen LogP contribution in [0.2, 0.25) is 0 Å². The zero-order valence-electron chi connectivity index (χ0n) is 13.1. The minimum absolute atomic E-state index is 0.187. The Hall–Kier alpha value is -2.01. The molecule has 1 atom stereocenters. The maximum absolute atomic E-state index is 5.43. The van der Waals surface area contributed by atoms with Crippen molar-refractivity contribution in [3.8, 4) is 11.5 Å².